The minimum atomic E-state index is 0.510. The molecule has 0 spiro atoms. The molecule has 2 N–H and O–H groups in total. The lowest BCUT2D eigenvalue weighted by molar-refractivity contribution is 0.376. The quantitative estimate of drug-likeness (QED) is 0.745. The summed E-state index contributed by atoms with van der Waals surface area (Å²) in [4.78, 5) is 4.26. The van der Waals surface area contributed by atoms with Gasteiger partial charge >= 0.3 is 0 Å². The molecule has 0 aliphatic heterocycles. The highest BCUT2D eigenvalue weighted by molar-refractivity contribution is 5.51. The van der Waals surface area contributed by atoms with E-state index in [1.54, 1.807) is 0 Å². The van der Waals surface area contributed by atoms with Gasteiger partial charge in [0.15, 0.2) is 0 Å². The summed E-state index contributed by atoms with van der Waals surface area (Å²) in [6, 6.07) is 9.78. The molecule has 0 radical (unpaired) electrons. The van der Waals surface area contributed by atoms with Crippen molar-refractivity contribution in [1.29, 1.82) is 0 Å². The van der Waals surface area contributed by atoms with Gasteiger partial charge in [0.2, 0.25) is 5.89 Å². The monoisotopic (exact) mass is 232 g/mol. The second-order valence-corrected chi connectivity index (χ2v) is 3.71. The van der Waals surface area contributed by atoms with Gasteiger partial charge < -0.3 is 15.2 Å². The Balaban J connectivity index is 1.90. The predicted octanol–water partition coefficient (Wildman–Crippen LogP) is 1.97. The van der Waals surface area contributed by atoms with Crippen LogP contribution in [0.4, 0.5) is 11.6 Å². The number of para-hydroxylation sites is 1. The van der Waals surface area contributed by atoms with Crippen molar-refractivity contribution in [1.82, 2.24) is 15.5 Å². The molecule has 0 saturated carbocycles. The Morgan fingerprint density at radius 3 is 2.82 bits per heavy atom. The molecule has 2 rings (SSSR count). The first-order valence-electron chi connectivity index (χ1n) is 5.68. The average molecular weight is 232 g/mol. The Hall–Kier alpha value is -1.88. The predicted molar refractivity (Wildman–Crippen MR) is 66.3 cm³/mol. The molecule has 0 atom stereocenters. The van der Waals surface area contributed by atoms with Crippen molar-refractivity contribution >= 4 is 11.6 Å². The summed E-state index contributed by atoms with van der Waals surface area (Å²) in [7, 11) is 1.93. The molecule has 1 heterocycles. The van der Waals surface area contributed by atoms with Crippen LogP contribution in [0.5, 0.6) is 0 Å². The number of hydrogen-bond donors (Lipinski definition) is 2. The van der Waals surface area contributed by atoms with Gasteiger partial charge in [-0.3, -0.25) is 0 Å². The van der Waals surface area contributed by atoms with E-state index in [4.69, 9.17) is 4.52 Å². The first kappa shape index (κ1) is 11.6. The highest BCUT2D eigenvalue weighted by atomic mass is 16.5. The van der Waals surface area contributed by atoms with Crippen LogP contribution in [-0.2, 0) is 6.42 Å². The van der Waals surface area contributed by atoms with E-state index in [2.05, 4.69) is 20.8 Å². The van der Waals surface area contributed by atoms with Crippen molar-refractivity contribution in [2.24, 2.45) is 0 Å². The zero-order chi connectivity index (χ0) is 11.9. The SMILES string of the molecule is CNCCCc1nc(Nc2ccccc2)no1. The van der Waals surface area contributed by atoms with E-state index in [0.717, 1.165) is 25.1 Å². The number of aromatic nitrogens is 2. The molecule has 0 aliphatic carbocycles. The number of hydrogen-bond acceptors (Lipinski definition) is 5. The third kappa shape index (κ3) is 3.57. The molecule has 1 aromatic heterocycles. The van der Waals surface area contributed by atoms with E-state index in [0.29, 0.717) is 11.8 Å². The molecule has 0 aliphatic rings. The van der Waals surface area contributed by atoms with Gasteiger partial charge in [0.1, 0.15) is 0 Å². The van der Waals surface area contributed by atoms with Crippen LogP contribution < -0.4 is 10.6 Å². The van der Waals surface area contributed by atoms with Crippen LogP contribution in [0.15, 0.2) is 34.9 Å². The van der Waals surface area contributed by atoms with Gasteiger partial charge in [-0.25, -0.2) is 0 Å². The highest BCUT2D eigenvalue weighted by Gasteiger charge is 2.05. The fourth-order valence-corrected chi connectivity index (χ4v) is 1.47. The molecule has 0 amide bonds. The van der Waals surface area contributed by atoms with Crippen LogP contribution in [0.25, 0.3) is 0 Å². The topological polar surface area (TPSA) is 63.0 Å². The third-order valence-electron chi connectivity index (χ3n) is 2.32. The van der Waals surface area contributed by atoms with Crippen LogP contribution in [0.3, 0.4) is 0 Å². The van der Waals surface area contributed by atoms with E-state index >= 15 is 0 Å². The molecular weight excluding hydrogens is 216 g/mol. The summed E-state index contributed by atoms with van der Waals surface area (Å²) >= 11 is 0. The van der Waals surface area contributed by atoms with Crippen molar-refractivity contribution in [2.75, 3.05) is 18.9 Å². The Kier molecular flexibility index (Phi) is 4.10. The van der Waals surface area contributed by atoms with Crippen molar-refractivity contribution in [3.63, 3.8) is 0 Å². The molecular formula is C12H16N4O. The summed E-state index contributed by atoms with van der Waals surface area (Å²) in [5.41, 5.74) is 0.954. The first-order valence-corrected chi connectivity index (χ1v) is 5.68. The molecule has 1 aromatic carbocycles. The molecule has 0 unspecified atom stereocenters. The summed E-state index contributed by atoms with van der Waals surface area (Å²) in [5.74, 6) is 1.18. The summed E-state index contributed by atoms with van der Waals surface area (Å²) in [6.45, 7) is 0.948. The van der Waals surface area contributed by atoms with Crippen LogP contribution in [0.2, 0.25) is 0 Å². The lowest BCUT2D eigenvalue weighted by atomic mass is 10.3. The van der Waals surface area contributed by atoms with E-state index in [9.17, 15) is 0 Å². The number of nitrogens with zero attached hydrogens (tertiary/aromatic N) is 2. The van der Waals surface area contributed by atoms with Crippen LogP contribution in [-0.4, -0.2) is 23.7 Å². The van der Waals surface area contributed by atoms with Gasteiger partial charge in [-0.05, 0) is 37.3 Å². The van der Waals surface area contributed by atoms with E-state index in [1.807, 2.05) is 37.4 Å². The minimum absolute atomic E-state index is 0.510. The largest absolute Gasteiger partial charge is 0.337 e. The Bertz CT molecular complexity index is 441. The number of rotatable bonds is 6. The zero-order valence-corrected chi connectivity index (χ0v) is 9.81. The smallest absolute Gasteiger partial charge is 0.267 e. The third-order valence-corrected chi connectivity index (χ3v) is 2.32. The lowest BCUT2D eigenvalue weighted by Gasteiger charge is -1.98. The maximum absolute atomic E-state index is 5.13. The lowest BCUT2D eigenvalue weighted by Crippen LogP contribution is -2.08. The van der Waals surface area contributed by atoms with E-state index in [1.165, 1.54) is 0 Å². The molecule has 0 saturated heterocycles. The number of benzene rings is 1. The van der Waals surface area contributed by atoms with Gasteiger partial charge in [0.25, 0.3) is 5.95 Å². The van der Waals surface area contributed by atoms with Crippen LogP contribution in [0, 0.1) is 0 Å². The Morgan fingerprint density at radius 1 is 1.24 bits per heavy atom. The maximum atomic E-state index is 5.13. The first-order chi connectivity index (χ1) is 8.38. The van der Waals surface area contributed by atoms with Gasteiger partial charge in [0, 0.05) is 12.1 Å². The van der Waals surface area contributed by atoms with Crippen molar-refractivity contribution < 1.29 is 4.52 Å². The van der Waals surface area contributed by atoms with Crippen molar-refractivity contribution in [2.45, 2.75) is 12.8 Å². The molecule has 5 heteroatoms. The van der Waals surface area contributed by atoms with Gasteiger partial charge in [-0.1, -0.05) is 18.2 Å². The maximum Gasteiger partial charge on any atom is 0.267 e. The second-order valence-electron chi connectivity index (χ2n) is 3.71. The Labute approximate surface area is 100 Å². The van der Waals surface area contributed by atoms with Crippen LogP contribution in [0.1, 0.15) is 12.3 Å². The molecule has 2 aromatic rings. The molecule has 90 valence electrons. The van der Waals surface area contributed by atoms with Gasteiger partial charge in [0.05, 0.1) is 0 Å². The molecule has 5 nitrogen and oxygen atoms in total. The fourth-order valence-electron chi connectivity index (χ4n) is 1.47. The molecule has 17 heavy (non-hydrogen) atoms. The normalized spacial score (nSPS) is 10.4. The molecule has 0 bridgehead atoms. The Morgan fingerprint density at radius 2 is 2.06 bits per heavy atom. The van der Waals surface area contributed by atoms with Crippen LogP contribution >= 0.6 is 0 Å². The molecule has 0 fully saturated rings. The minimum Gasteiger partial charge on any atom is -0.337 e. The summed E-state index contributed by atoms with van der Waals surface area (Å²) in [5, 5.41) is 10.0. The van der Waals surface area contributed by atoms with E-state index in [-0.39, 0.29) is 0 Å². The fraction of sp³-hybridized carbons (Fsp3) is 0.333. The second kappa shape index (κ2) is 6.00. The van der Waals surface area contributed by atoms with E-state index < -0.39 is 0 Å². The summed E-state index contributed by atoms with van der Waals surface area (Å²) in [6.07, 6.45) is 1.79. The van der Waals surface area contributed by atoms with Gasteiger partial charge in [-0.15, -0.1) is 0 Å². The number of aryl methyl sites for hydroxylation is 1. The van der Waals surface area contributed by atoms with Crippen molar-refractivity contribution in [3.05, 3.63) is 36.2 Å². The van der Waals surface area contributed by atoms with Crippen molar-refractivity contribution in [3.8, 4) is 0 Å². The standard InChI is InChI=1S/C12H16N4O/c1-13-9-5-8-11-15-12(16-17-11)14-10-6-3-2-4-7-10/h2-4,6-7,13H,5,8-9H2,1H3,(H,14,16). The average Bonchev–Trinajstić information content (AvgIpc) is 2.79. The highest BCUT2D eigenvalue weighted by Crippen LogP contribution is 2.12. The van der Waals surface area contributed by atoms with Gasteiger partial charge in [-0.2, -0.15) is 4.98 Å². The summed E-state index contributed by atoms with van der Waals surface area (Å²) < 4.78 is 5.13. The zero-order valence-electron chi connectivity index (χ0n) is 9.81. The number of nitrogens with one attached hydrogen (secondary N) is 2. The number of anilines is 2.